The lowest BCUT2D eigenvalue weighted by Crippen LogP contribution is -2.07. The molecule has 0 fully saturated rings. The van der Waals surface area contributed by atoms with Crippen molar-refractivity contribution in [2.75, 3.05) is 0 Å². The first-order valence-electron chi connectivity index (χ1n) is 4.76. The SMILES string of the molecule is CC(C)(Cl)c1cccc2ccccc12.Cl. The Bertz CT molecular complexity index is 450. The Kier molecular flexibility index (Phi) is 3.64. The van der Waals surface area contributed by atoms with E-state index in [1.807, 2.05) is 19.9 Å². The third-order valence-electron chi connectivity index (χ3n) is 2.43. The predicted octanol–water partition coefficient (Wildman–Crippen LogP) is 4.74. The van der Waals surface area contributed by atoms with Crippen LogP contribution in [0.15, 0.2) is 42.5 Å². The molecule has 0 aromatic heterocycles. The van der Waals surface area contributed by atoms with Gasteiger partial charge in [-0.3, -0.25) is 0 Å². The van der Waals surface area contributed by atoms with E-state index < -0.39 is 0 Å². The number of halogens is 2. The molecule has 0 aliphatic rings. The molecule has 0 saturated heterocycles. The van der Waals surface area contributed by atoms with Crippen LogP contribution in [0.2, 0.25) is 0 Å². The Morgan fingerprint density at radius 1 is 0.933 bits per heavy atom. The van der Waals surface area contributed by atoms with Crippen molar-refractivity contribution in [2.45, 2.75) is 18.7 Å². The van der Waals surface area contributed by atoms with E-state index in [0.29, 0.717) is 0 Å². The fourth-order valence-electron chi connectivity index (χ4n) is 1.74. The van der Waals surface area contributed by atoms with Crippen LogP contribution in [-0.4, -0.2) is 0 Å². The second kappa shape index (κ2) is 4.42. The topological polar surface area (TPSA) is 0 Å². The second-order valence-corrected chi connectivity index (χ2v) is 4.94. The molecule has 0 bridgehead atoms. The minimum absolute atomic E-state index is 0. The number of fused-ring (bicyclic) bond motifs is 1. The van der Waals surface area contributed by atoms with Crippen molar-refractivity contribution in [3.05, 3.63) is 48.0 Å². The molecule has 2 rings (SSSR count). The quantitative estimate of drug-likeness (QED) is 0.633. The molecule has 0 spiro atoms. The monoisotopic (exact) mass is 240 g/mol. The van der Waals surface area contributed by atoms with Gasteiger partial charge < -0.3 is 0 Å². The van der Waals surface area contributed by atoms with Crippen LogP contribution in [0, 0.1) is 0 Å². The van der Waals surface area contributed by atoms with Crippen molar-refractivity contribution in [1.29, 1.82) is 0 Å². The lowest BCUT2D eigenvalue weighted by atomic mass is 9.95. The minimum atomic E-state index is -0.305. The summed E-state index contributed by atoms with van der Waals surface area (Å²) in [5.41, 5.74) is 1.19. The standard InChI is InChI=1S/C13H13Cl.ClH/c1-13(2,14)12-9-5-7-10-6-3-4-8-11(10)12;/h3-9H,1-2H3;1H. The molecule has 0 unspecified atom stereocenters. The number of alkyl halides is 1. The van der Waals surface area contributed by atoms with Gasteiger partial charge in [-0.25, -0.2) is 0 Å². The molecule has 80 valence electrons. The molecule has 0 amide bonds. The Balaban J connectivity index is 0.00000112. The summed E-state index contributed by atoms with van der Waals surface area (Å²) in [6, 6.07) is 14.6. The average Bonchev–Trinajstić information content (AvgIpc) is 2.15. The number of hydrogen-bond acceptors (Lipinski definition) is 0. The lowest BCUT2D eigenvalue weighted by molar-refractivity contribution is 0.774. The molecule has 0 radical (unpaired) electrons. The normalized spacial score (nSPS) is 11.1. The number of rotatable bonds is 1. The summed E-state index contributed by atoms with van der Waals surface area (Å²) < 4.78 is 0. The Morgan fingerprint density at radius 2 is 1.53 bits per heavy atom. The van der Waals surface area contributed by atoms with Gasteiger partial charge in [0.15, 0.2) is 0 Å². The predicted molar refractivity (Wildman–Crippen MR) is 70.1 cm³/mol. The number of benzene rings is 2. The van der Waals surface area contributed by atoms with Crippen LogP contribution >= 0.6 is 24.0 Å². The van der Waals surface area contributed by atoms with Gasteiger partial charge in [-0.2, -0.15) is 0 Å². The van der Waals surface area contributed by atoms with Crippen LogP contribution in [0.4, 0.5) is 0 Å². The summed E-state index contributed by atoms with van der Waals surface area (Å²) >= 11 is 6.34. The van der Waals surface area contributed by atoms with E-state index in [0.717, 1.165) is 0 Å². The largest absolute Gasteiger partial charge is 0.147 e. The molecule has 2 heteroatoms. The summed E-state index contributed by atoms with van der Waals surface area (Å²) in [5, 5.41) is 2.49. The zero-order chi connectivity index (χ0) is 10.2. The van der Waals surface area contributed by atoms with Crippen LogP contribution in [0.3, 0.4) is 0 Å². The highest BCUT2D eigenvalue weighted by Crippen LogP contribution is 2.33. The van der Waals surface area contributed by atoms with Crippen LogP contribution in [0.25, 0.3) is 10.8 Å². The Hall–Kier alpha value is -0.720. The highest BCUT2D eigenvalue weighted by Gasteiger charge is 2.18. The van der Waals surface area contributed by atoms with Crippen molar-refractivity contribution in [3.8, 4) is 0 Å². The molecule has 2 aromatic rings. The second-order valence-electron chi connectivity index (χ2n) is 4.00. The molecule has 0 aliphatic heterocycles. The van der Waals surface area contributed by atoms with Crippen LogP contribution < -0.4 is 0 Å². The molecular weight excluding hydrogens is 227 g/mol. The van der Waals surface area contributed by atoms with Gasteiger partial charge in [0.1, 0.15) is 0 Å². The van der Waals surface area contributed by atoms with Crippen LogP contribution in [-0.2, 0) is 4.87 Å². The average molecular weight is 241 g/mol. The van der Waals surface area contributed by atoms with Crippen molar-refractivity contribution >= 4 is 34.8 Å². The van der Waals surface area contributed by atoms with Gasteiger partial charge in [0, 0.05) is 0 Å². The van der Waals surface area contributed by atoms with E-state index in [9.17, 15) is 0 Å². The van der Waals surface area contributed by atoms with Gasteiger partial charge in [-0.05, 0) is 30.2 Å². The molecule has 0 aliphatic carbocycles. The molecule has 0 heterocycles. The summed E-state index contributed by atoms with van der Waals surface area (Å²) in [6.45, 7) is 4.05. The summed E-state index contributed by atoms with van der Waals surface area (Å²) in [7, 11) is 0. The number of hydrogen-bond donors (Lipinski definition) is 0. The van der Waals surface area contributed by atoms with E-state index in [-0.39, 0.29) is 17.3 Å². The van der Waals surface area contributed by atoms with Crippen molar-refractivity contribution in [3.63, 3.8) is 0 Å². The maximum Gasteiger partial charge on any atom is 0.0644 e. The molecule has 0 N–H and O–H groups in total. The van der Waals surface area contributed by atoms with E-state index in [4.69, 9.17) is 11.6 Å². The third kappa shape index (κ3) is 2.45. The minimum Gasteiger partial charge on any atom is -0.147 e. The van der Waals surface area contributed by atoms with Gasteiger partial charge in [-0.15, -0.1) is 24.0 Å². The Labute approximate surface area is 102 Å². The maximum atomic E-state index is 6.34. The zero-order valence-electron chi connectivity index (χ0n) is 8.83. The summed E-state index contributed by atoms with van der Waals surface area (Å²) in [4.78, 5) is -0.305. The van der Waals surface area contributed by atoms with E-state index in [1.54, 1.807) is 0 Å². The summed E-state index contributed by atoms with van der Waals surface area (Å²) in [6.07, 6.45) is 0. The van der Waals surface area contributed by atoms with E-state index in [2.05, 4.69) is 36.4 Å². The zero-order valence-corrected chi connectivity index (χ0v) is 10.4. The highest BCUT2D eigenvalue weighted by atomic mass is 35.5. The van der Waals surface area contributed by atoms with Crippen LogP contribution in [0.5, 0.6) is 0 Å². The van der Waals surface area contributed by atoms with Gasteiger partial charge in [0.05, 0.1) is 4.87 Å². The first kappa shape index (κ1) is 12.4. The Morgan fingerprint density at radius 3 is 2.20 bits per heavy atom. The van der Waals surface area contributed by atoms with Gasteiger partial charge in [-0.1, -0.05) is 42.5 Å². The fraction of sp³-hybridized carbons (Fsp3) is 0.231. The first-order valence-corrected chi connectivity index (χ1v) is 5.14. The van der Waals surface area contributed by atoms with Crippen LogP contribution in [0.1, 0.15) is 19.4 Å². The van der Waals surface area contributed by atoms with Gasteiger partial charge >= 0.3 is 0 Å². The van der Waals surface area contributed by atoms with Crippen molar-refractivity contribution in [1.82, 2.24) is 0 Å². The lowest BCUT2D eigenvalue weighted by Gasteiger charge is -2.18. The van der Waals surface area contributed by atoms with Crippen molar-refractivity contribution < 1.29 is 0 Å². The highest BCUT2D eigenvalue weighted by molar-refractivity contribution is 6.24. The fourth-order valence-corrected chi connectivity index (χ4v) is 1.91. The van der Waals surface area contributed by atoms with E-state index in [1.165, 1.54) is 16.3 Å². The maximum absolute atomic E-state index is 6.34. The smallest absolute Gasteiger partial charge is 0.0644 e. The first-order chi connectivity index (χ1) is 6.59. The molecule has 2 aromatic carbocycles. The third-order valence-corrected chi connectivity index (χ3v) is 2.63. The molecule has 0 saturated carbocycles. The molecule has 0 nitrogen and oxygen atoms in total. The summed E-state index contributed by atoms with van der Waals surface area (Å²) in [5.74, 6) is 0. The van der Waals surface area contributed by atoms with Gasteiger partial charge in [0.2, 0.25) is 0 Å². The molecular formula is C13H14Cl2. The molecule has 15 heavy (non-hydrogen) atoms. The molecule has 0 atom stereocenters. The van der Waals surface area contributed by atoms with E-state index >= 15 is 0 Å². The van der Waals surface area contributed by atoms with Gasteiger partial charge in [0.25, 0.3) is 0 Å². The van der Waals surface area contributed by atoms with Crippen molar-refractivity contribution in [2.24, 2.45) is 0 Å².